The van der Waals surface area contributed by atoms with Gasteiger partial charge in [-0.05, 0) is 25.3 Å². The maximum Gasteiger partial charge on any atom is 0.233 e. The quantitative estimate of drug-likeness (QED) is 0.644. The van der Waals surface area contributed by atoms with E-state index in [1.807, 2.05) is 24.0 Å². The van der Waals surface area contributed by atoms with Crippen molar-refractivity contribution in [1.29, 1.82) is 0 Å². The molecule has 0 radical (unpaired) electrons. The van der Waals surface area contributed by atoms with Gasteiger partial charge >= 0.3 is 0 Å². The topological polar surface area (TPSA) is 72.9 Å². The Labute approximate surface area is 131 Å². The maximum atomic E-state index is 12.6. The summed E-state index contributed by atoms with van der Waals surface area (Å²) in [6, 6.07) is 0. The smallest absolute Gasteiger partial charge is 0.233 e. The minimum atomic E-state index is -0.647. The van der Waals surface area contributed by atoms with Crippen LogP contribution in [-0.2, 0) is 11.3 Å². The van der Waals surface area contributed by atoms with E-state index < -0.39 is 5.41 Å². The summed E-state index contributed by atoms with van der Waals surface area (Å²) in [5.41, 5.74) is 6.38. The largest absolute Gasteiger partial charge is 0.392 e. The second-order valence-electron chi connectivity index (χ2n) is 5.90. The Morgan fingerprint density at radius 3 is 2.62 bits per heavy atom. The molecule has 21 heavy (non-hydrogen) atoms. The second kappa shape index (κ2) is 7.02. The number of nitrogens with zero attached hydrogens (tertiary/aromatic N) is 2. The minimum absolute atomic E-state index is 0.0132. The van der Waals surface area contributed by atoms with Crippen LogP contribution in [0, 0.1) is 12.3 Å². The lowest BCUT2D eigenvalue weighted by Gasteiger charge is -2.30. The fourth-order valence-electron chi connectivity index (χ4n) is 2.96. The Morgan fingerprint density at radius 1 is 1.43 bits per heavy atom. The number of aromatic nitrogens is 2. The first-order valence-electron chi connectivity index (χ1n) is 7.62. The summed E-state index contributed by atoms with van der Waals surface area (Å²) in [5, 5.41) is 7.20. The summed E-state index contributed by atoms with van der Waals surface area (Å²) in [6.45, 7) is 3.20. The Bertz CT molecular complexity index is 504. The van der Waals surface area contributed by atoms with E-state index in [9.17, 15) is 4.79 Å². The molecule has 1 heterocycles. The van der Waals surface area contributed by atoms with Crippen LogP contribution in [0.15, 0.2) is 12.4 Å². The van der Waals surface area contributed by atoms with E-state index in [1.54, 1.807) is 0 Å². The molecule has 1 aliphatic rings. The number of carbonyl (C=O) groups is 1. The van der Waals surface area contributed by atoms with Gasteiger partial charge in [-0.2, -0.15) is 5.10 Å². The molecule has 1 aromatic heterocycles. The Morgan fingerprint density at radius 2 is 2.10 bits per heavy atom. The third-order valence-corrected chi connectivity index (χ3v) is 4.64. The van der Waals surface area contributed by atoms with Crippen LogP contribution in [0.1, 0.15) is 44.1 Å². The van der Waals surface area contributed by atoms with Crippen molar-refractivity contribution < 1.29 is 4.79 Å². The van der Waals surface area contributed by atoms with Gasteiger partial charge in [0.05, 0.1) is 23.1 Å². The molecule has 1 aromatic rings. The van der Waals surface area contributed by atoms with E-state index in [-0.39, 0.29) is 5.91 Å². The fraction of sp³-hybridized carbons (Fsp3) is 0.667. The van der Waals surface area contributed by atoms with Gasteiger partial charge in [0.1, 0.15) is 0 Å². The van der Waals surface area contributed by atoms with Crippen molar-refractivity contribution in [1.82, 2.24) is 15.1 Å². The highest BCUT2D eigenvalue weighted by atomic mass is 32.1. The molecule has 0 spiro atoms. The number of nitrogens with two attached hydrogens (primary N) is 1. The maximum absolute atomic E-state index is 12.6. The molecular formula is C15H24N4OS. The molecule has 1 saturated carbocycles. The molecule has 1 amide bonds. The molecule has 6 heteroatoms. The zero-order chi connectivity index (χ0) is 15.3. The summed E-state index contributed by atoms with van der Waals surface area (Å²) in [5.74, 6) is -0.0132. The number of hydrogen-bond acceptors (Lipinski definition) is 3. The number of nitrogens with one attached hydrogen (secondary N) is 1. The van der Waals surface area contributed by atoms with Crippen LogP contribution in [0.3, 0.4) is 0 Å². The molecule has 116 valence electrons. The molecule has 0 atom stereocenters. The third-order valence-electron chi connectivity index (χ3n) is 4.25. The van der Waals surface area contributed by atoms with Crippen LogP contribution in [0.2, 0.25) is 0 Å². The lowest BCUT2D eigenvalue weighted by atomic mass is 9.79. The van der Waals surface area contributed by atoms with E-state index in [1.165, 1.54) is 0 Å². The molecule has 1 aliphatic carbocycles. The van der Waals surface area contributed by atoms with E-state index >= 15 is 0 Å². The standard InChI is InChI=1S/C15H24N4OS/c1-12-10-18-19(11-12)9-8-17-14(20)15(13(16)21)6-4-2-3-5-7-15/h10-11H,2-9H2,1H3,(H2,16,21)(H,17,20). The average Bonchev–Trinajstić information content (AvgIpc) is 2.72. The van der Waals surface area contributed by atoms with Crippen LogP contribution in [0.4, 0.5) is 0 Å². The first kappa shape index (κ1) is 15.9. The molecule has 0 saturated heterocycles. The highest BCUT2D eigenvalue weighted by molar-refractivity contribution is 7.80. The summed E-state index contributed by atoms with van der Waals surface area (Å²) in [7, 11) is 0. The Balaban J connectivity index is 1.93. The fourth-order valence-corrected chi connectivity index (χ4v) is 3.26. The predicted molar refractivity (Wildman–Crippen MR) is 86.9 cm³/mol. The van der Waals surface area contributed by atoms with Gasteiger partial charge in [0.25, 0.3) is 0 Å². The molecule has 0 bridgehead atoms. The second-order valence-corrected chi connectivity index (χ2v) is 6.34. The van der Waals surface area contributed by atoms with Crippen molar-refractivity contribution >= 4 is 23.1 Å². The highest BCUT2D eigenvalue weighted by Gasteiger charge is 2.41. The molecule has 2 rings (SSSR count). The summed E-state index contributed by atoms with van der Waals surface area (Å²) in [6.07, 6.45) is 9.66. The first-order valence-corrected chi connectivity index (χ1v) is 8.03. The van der Waals surface area contributed by atoms with E-state index in [0.29, 0.717) is 18.1 Å². The number of carbonyl (C=O) groups excluding carboxylic acids is 1. The predicted octanol–water partition coefficient (Wildman–Crippen LogP) is 1.93. The highest BCUT2D eigenvalue weighted by Crippen LogP contribution is 2.35. The molecule has 1 fully saturated rings. The Hall–Kier alpha value is -1.43. The van der Waals surface area contributed by atoms with Gasteiger partial charge in [-0.3, -0.25) is 9.48 Å². The number of rotatable bonds is 5. The SMILES string of the molecule is Cc1cnn(CCNC(=O)C2(C(N)=S)CCCCCC2)c1. The molecular weight excluding hydrogens is 284 g/mol. The molecule has 0 aromatic carbocycles. The number of amides is 1. The summed E-state index contributed by atoms with van der Waals surface area (Å²) in [4.78, 5) is 12.9. The van der Waals surface area contributed by atoms with Crippen molar-refractivity contribution in [2.75, 3.05) is 6.54 Å². The monoisotopic (exact) mass is 308 g/mol. The van der Waals surface area contributed by atoms with Crippen LogP contribution < -0.4 is 11.1 Å². The third kappa shape index (κ3) is 3.81. The zero-order valence-corrected chi connectivity index (χ0v) is 13.4. The van der Waals surface area contributed by atoms with E-state index in [0.717, 1.165) is 44.1 Å². The summed E-state index contributed by atoms with van der Waals surface area (Å²) < 4.78 is 1.83. The van der Waals surface area contributed by atoms with Gasteiger partial charge in [0, 0.05) is 12.7 Å². The zero-order valence-electron chi connectivity index (χ0n) is 12.6. The first-order chi connectivity index (χ1) is 10.0. The van der Waals surface area contributed by atoms with Crippen LogP contribution in [0.5, 0.6) is 0 Å². The van der Waals surface area contributed by atoms with Gasteiger partial charge in [-0.15, -0.1) is 0 Å². The average molecular weight is 308 g/mol. The van der Waals surface area contributed by atoms with Crippen molar-refractivity contribution in [2.45, 2.75) is 52.0 Å². The van der Waals surface area contributed by atoms with Gasteiger partial charge < -0.3 is 11.1 Å². The number of hydrogen-bond donors (Lipinski definition) is 2. The van der Waals surface area contributed by atoms with Crippen LogP contribution in [0.25, 0.3) is 0 Å². The molecule has 0 unspecified atom stereocenters. The molecule has 0 aliphatic heterocycles. The van der Waals surface area contributed by atoms with E-state index in [2.05, 4.69) is 10.4 Å². The molecule has 3 N–H and O–H groups in total. The van der Waals surface area contributed by atoms with Gasteiger partial charge in [-0.1, -0.05) is 37.9 Å². The normalized spacial score (nSPS) is 18.0. The van der Waals surface area contributed by atoms with Crippen LogP contribution >= 0.6 is 12.2 Å². The summed E-state index contributed by atoms with van der Waals surface area (Å²) >= 11 is 5.21. The van der Waals surface area contributed by atoms with Crippen molar-refractivity contribution in [3.05, 3.63) is 18.0 Å². The van der Waals surface area contributed by atoms with Gasteiger partial charge in [-0.25, -0.2) is 0 Å². The molecule has 5 nitrogen and oxygen atoms in total. The number of thiocarbonyl (C=S) groups is 1. The van der Waals surface area contributed by atoms with Gasteiger partial charge in [0.15, 0.2) is 0 Å². The van der Waals surface area contributed by atoms with Crippen LogP contribution in [-0.4, -0.2) is 27.2 Å². The lowest BCUT2D eigenvalue weighted by molar-refractivity contribution is -0.128. The Kier molecular flexibility index (Phi) is 5.33. The lowest BCUT2D eigenvalue weighted by Crippen LogP contribution is -2.49. The van der Waals surface area contributed by atoms with Crippen molar-refractivity contribution in [2.24, 2.45) is 11.1 Å². The number of aryl methyl sites for hydroxylation is 1. The van der Waals surface area contributed by atoms with Gasteiger partial charge in [0.2, 0.25) is 5.91 Å². The minimum Gasteiger partial charge on any atom is -0.392 e. The van der Waals surface area contributed by atoms with E-state index in [4.69, 9.17) is 18.0 Å². The van der Waals surface area contributed by atoms with Crippen molar-refractivity contribution in [3.8, 4) is 0 Å². The van der Waals surface area contributed by atoms with Crippen molar-refractivity contribution in [3.63, 3.8) is 0 Å².